The van der Waals surface area contributed by atoms with Crippen molar-refractivity contribution in [3.05, 3.63) is 83.5 Å². The van der Waals surface area contributed by atoms with E-state index in [1.54, 1.807) is 24.6 Å². The van der Waals surface area contributed by atoms with Gasteiger partial charge in [0.2, 0.25) is 0 Å². The van der Waals surface area contributed by atoms with Crippen molar-refractivity contribution in [3.8, 4) is 11.3 Å². The SMILES string of the molecule is CN1Cc2c(ccc(-c3cccnn3)c2F)C(c2ccc3occc3c2)C1. The molecule has 27 heavy (non-hydrogen) atoms. The molecule has 1 aliphatic rings. The highest BCUT2D eigenvalue weighted by atomic mass is 19.1. The molecule has 3 heterocycles. The number of furan rings is 1. The molecule has 5 rings (SSSR count). The van der Waals surface area contributed by atoms with Gasteiger partial charge in [-0.15, -0.1) is 0 Å². The minimum Gasteiger partial charge on any atom is -0.464 e. The second-order valence-electron chi connectivity index (χ2n) is 7.07. The average molecular weight is 359 g/mol. The van der Waals surface area contributed by atoms with Crippen LogP contribution in [0.15, 0.2) is 65.4 Å². The molecule has 2 aromatic heterocycles. The van der Waals surface area contributed by atoms with Crippen LogP contribution in [0.2, 0.25) is 0 Å². The van der Waals surface area contributed by atoms with E-state index in [9.17, 15) is 0 Å². The molecule has 0 aliphatic carbocycles. The summed E-state index contributed by atoms with van der Waals surface area (Å²) >= 11 is 0. The Hall–Kier alpha value is -3.05. The highest BCUT2D eigenvalue weighted by Crippen LogP contribution is 2.38. The maximum Gasteiger partial charge on any atom is 0.137 e. The molecule has 0 radical (unpaired) electrons. The van der Waals surface area contributed by atoms with Crippen molar-refractivity contribution in [3.63, 3.8) is 0 Å². The summed E-state index contributed by atoms with van der Waals surface area (Å²) in [7, 11) is 2.03. The van der Waals surface area contributed by atoms with E-state index in [-0.39, 0.29) is 11.7 Å². The normalized spacial score (nSPS) is 17.2. The molecule has 0 fully saturated rings. The van der Waals surface area contributed by atoms with Crippen LogP contribution in [-0.2, 0) is 6.54 Å². The third-order valence-electron chi connectivity index (χ3n) is 5.30. The minimum absolute atomic E-state index is 0.114. The van der Waals surface area contributed by atoms with Gasteiger partial charge in [0.25, 0.3) is 0 Å². The van der Waals surface area contributed by atoms with Crippen LogP contribution in [0.25, 0.3) is 22.2 Å². The van der Waals surface area contributed by atoms with Crippen LogP contribution < -0.4 is 0 Å². The third kappa shape index (κ3) is 2.71. The van der Waals surface area contributed by atoms with Gasteiger partial charge in [0.1, 0.15) is 11.4 Å². The van der Waals surface area contributed by atoms with Crippen LogP contribution >= 0.6 is 0 Å². The third-order valence-corrected chi connectivity index (χ3v) is 5.30. The molecule has 0 N–H and O–H groups in total. The lowest BCUT2D eigenvalue weighted by molar-refractivity contribution is 0.289. The van der Waals surface area contributed by atoms with Gasteiger partial charge < -0.3 is 9.32 Å². The Balaban J connectivity index is 1.64. The summed E-state index contributed by atoms with van der Waals surface area (Å²) in [5.74, 6) is -0.0857. The number of hydrogen-bond acceptors (Lipinski definition) is 4. The minimum atomic E-state index is -0.200. The first-order valence-electron chi connectivity index (χ1n) is 8.96. The first kappa shape index (κ1) is 16.1. The molecule has 1 atom stereocenters. The van der Waals surface area contributed by atoms with Crippen molar-refractivity contribution in [2.45, 2.75) is 12.5 Å². The first-order valence-corrected chi connectivity index (χ1v) is 8.96. The van der Waals surface area contributed by atoms with E-state index >= 15 is 4.39 Å². The van der Waals surface area contributed by atoms with E-state index < -0.39 is 0 Å². The fourth-order valence-electron chi connectivity index (χ4n) is 4.00. The number of benzene rings is 2. The molecule has 4 nitrogen and oxygen atoms in total. The smallest absolute Gasteiger partial charge is 0.137 e. The molecule has 1 unspecified atom stereocenters. The van der Waals surface area contributed by atoms with Gasteiger partial charge in [-0.3, -0.25) is 0 Å². The molecule has 0 saturated carbocycles. The number of aromatic nitrogens is 2. The summed E-state index contributed by atoms with van der Waals surface area (Å²) in [5.41, 5.74) is 4.88. The molecular weight excluding hydrogens is 341 g/mol. The van der Waals surface area contributed by atoms with Crippen molar-refractivity contribution >= 4 is 11.0 Å². The number of likely N-dealkylation sites (N-methyl/N-ethyl adjacent to an activating group) is 1. The molecule has 0 amide bonds. The predicted molar refractivity (Wildman–Crippen MR) is 102 cm³/mol. The maximum atomic E-state index is 15.4. The summed E-state index contributed by atoms with van der Waals surface area (Å²) in [6.45, 7) is 1.43. The van der Waals surface area contributed by atoms with Gasteiger partial charge in [-0.25, -0.2) is 4.39 Å². The molecule has 0 saturated heterocycles. The Bertz CT molecular complexity index is 1120. The highest BCUT2D eigenvalue weighted by molar-refractivity contribution is 5.78. The maximum absolute atomic E-state index is 15.4. The van der Waals surface area contributed by atoms with Crippen molar-refractivity contribution in [2.24, 2.45) is 0 Å². The van der Waals surface area contributed by atoms with Gasteiger partial charge in [0, 0.05) is 41.7 Å². The lowest BCUT2D eigenvalue weighted by Crippen LogP contribution is -2.31. The van der Waals surface area contributed by atoms with E-state index in [1.807, 2.05) is 31.3 Å². The summed E-state index contributed by atoms with van der Waals surface area (Å²) in [6.07, 6.45) is 3.29. The van der Waals surface area contributed by atoms with Crippen LogP contribution in [0.1, 0.15) is 22.6 Å². The number of hydrogen-bond donors (Lipinski definition) is 0. The van der Waals surface area contributed by atoms with E-state index in [1.165, 1.54) is 5.56 Å². The standard InChI is InChI=1S/C22H18FN3O/c1-26-12-18(14-4-7-21-15(11-14)8-10-27-21)16-5-6-17(22(23)19(16)13-26)20-3-2-9-24-25-20/h2-11,18H,12-13H2,1H3. The van der Waals surface area contributed by atoms with Crippen molar-refractivity contribution in [2.75, 3.05) is 13.6 Å². The summed E-state index contributed by atoms with van der Waals surface area (Å²) in [4.78, 5) is 2.16. The Morgan fingerprint density at radius 3 is 2.93 bits per heavy atom. The zero-order valence-electron chi connectivity index (χ0n) is 14.9. The predicted octanol–water partition coefficient (Wildman–Crippen LogP) is 4.61. The Morgan fingerprint density at radius 1 is 1.15 bits per heavy atom. The van der Waals surface area contributed by atoms with Crippen molar-refractivity contribution in [1.82, 2.24) is 15.1 Å². The van der Waals surface area contributed by atoms with Gasteiger partial charge in [-0.2, -0.15) is 10.2 Å². The molecular formula is C22H18FN3O. The quantitative estimate of drug-likeness (QED) is 0.524. The van der Waals surface area contributed by atoms with Crippen LogP contribution in [0.3, 0.4) is 0 Å². The van der Waals surface area contributed by atoms with Crippen molar-refractivity contribution in [1.29, 1.82) is 0 Å². The average Bonchev–Trinajstić information content (AvgIpc) is 3.17. The van der Waals surface area contributed by atoms with Gasteiger partial charge in [-0.05, 0) is 54.6 Å². The topological polar surface area (TPSA) is 42.2 Å². The van der Waals surface area contributed by atoms with Crippen molar-refractivity contribution < 1.29 is 8.81 Å². The van der Waals surface area contributed by atoms with Crippen LogP contribution in [0.4, 0.5) is 4.39 Å². The second-order valence-corrected chi connectivity index (χ2v) is 7.07. The van der Waals surface area contributed by atoms with E-state index in [4.69, 9.17) is 4.42 Å². The molecule has 0 bridgehead atoms. The fraction of sp³-hybridized carbons (Fsp3) is 0.182. The Morgan fingerprint density at radius 2 is 2.07 bits per heavy atom. The molecule has 1 aliphatic heterocycles. The largest absolute Gasteiger partial charge is 0.464 e. The zero-order valence-corrected chi connectivity index (χ0v) is 14.9. The first-order chi connectivity index (χ1) is 13.2. The van der Waals surface area contributed by atoms with E-state index in [2.05, 4.69) is 27.2 Å². The summed E-state index contributed by atoms with van der Waals surface area (Å²) < 4.78 is 20.8. The number of halogens is 1. The number of nitrogens with zero attached hydrogens (tertiary/aromatic N) is 3. The summed E-state index contributed by atoms with van der Waals surface area (Å²) in [5, 5.41) is 9.02. The van der Waals surface area contributed by atoms with Gasteiger partial charge >= 0.3 is 0 Å². The Labute approximate surface area is 156 Å². The Kier molecular flexibility index (Phi) is 3.76. The summed E-state index contributed by atoms with van der Waals surface area (Å²) in [6, 6.07) is 15.6. The molecule has 2 aromatic carbocycles. The monoisotopic (exact) mass is 359 g/mol. The van der Waals surface area contributed by atoms with Gasteiger partial charge in [0.05, 0.1) is 12.0 Å². The van der Waals surface area contributed by atoms with E-state index in [0.717, 1.165) is 28.6 Å². The van der Waals surface area contributed by atoms with E-state index in [0.29, 0.717) is 17.8 Å². The second kappa shape index (κ2) is 6.28. The van der Waals surface area contributed by atoms with Crippen LogP contribution in [0, 0.1) is 5.82 Å². The fourth-order valence-corrected chi connectivity index (χ4v) is 4.00. The molecule has 4 aromatic rings. The molecule has 0 spiro atoms. The van der Waals surface area contributed by atoms with Gasteiger partial charge in [0.15, 0.2) is 0 Å². The number of rotatable bonds is 2. The lowest BCUT2D eigenvalue weighted by atomic mass is 9.83. The van der Waals surface area contributed by atoms with Crippen LogP contribution in [0.5, 0.6) is 0 Å². The van der Waals surface area contributed by atoms with Crippen LogP contribution in [-0.4, -0.2) is 28.7 Å². The molecule has 5 heteroatoms. The lowest BCUT2D eigenvalue weighted by Gasteiger charge is -2.33. The molecule has 134 valence electrons. The van der Waals surface area contributed by atoms with Gasteiger partial charge in [-0.1, -0.05) is 12.1 Å². The zero-order chi connectivity index (χ0) is 18.4. The highest BCUT2D eigenvalue weighted by Gasteiger charge is 2.28. The number of fused-ring (bicyclic) bond motifs is 2.